The van der Waals surface area contributed by atoms with E-state index in [1.165, 1.54) is 9.80 Å². The van der Waals surface area contributed by atoms with Crippen molar-refractivity contribution < 1.29 is 14.4 Å². The van der Waals surface area contributed by atoms with Crippen LogP contribution in [0, 0.1) is 0 Å². The van der Waals surface area contributed by atoms with Gasteiger partial charge in [-0.3, -0.25) is 19.5 Å². The van der Waals surface area contributed by atoms with Crippen LogP contribution in [0.15, 0.2) is 24.5 Å². The highest BCUT2D eigenvalue weighted by Crippen LogP contribution is 2.10. The highest BCUT2D eigenvalue weighted by atomic mass is 16.2. The van der Waals surface area contributed by atoms with Crippen molar-refractivity contribution in [2.75, 3.05) is 27.2 Å². The molecule has 7 heteroatoms. The fourth-order valence-electron chi connectivity index (χ4n) is 2.32. The first-order valence-electron chi connectivity index (χ1n) is 7.17. The molecule has 0 N–H and O–H groups in total. The molecule has 1 aromatic heterocycles. The molecule has 118 valence electrons. The molecule has 2 heterocycles. The molecule has 0 unspecified atom stereocenters. The van der Waals surface area contributed by atoms with E-state index in [1.807, 2.05) is 12.1 Å². The number of hydrogen-bond donors (Lipinski definition) is 0. The van der Waals surface area contributed by atoms with Gasteiger partial charge in [-0.05, 0) is 24.1 Å². The van der Waals surface area contributed by atoms with E-state index in [1.54, 1.807) is 31.4 Å². The smallest absolute Gasteiger partial charge is 0.326 e. The van der Waals surface area contributed by atoms with Crippen LogP contribution in [0.1, 0.15) is 18.4 Å². The Hall–Kier alpha value is -2.44. The molecular formula is C15H20N4O3. The third kappa shape index (κ3) is 3.81. The van der Waals surface area contributed by atoms with Gasteiger partial charge in [-0.2, -0.15) is 0 Å². The van der Waals surface area contributed by atoms with Crippen LogP contribution in [0.2, 0.25) is 0 Å². The lowest BCUT2D eigenvalue weighted by molar-refractivity contribution is -0.131. The zero-order valence-corrected chi connectivity index (χ0v) is 12.9. The first kappa shape index (κ1) is 15.9. The lowest BCUT2D eigenvalue weighted by Crippen LogP contribution is -2.33. The number of nitrogens with zero attached hydrogens (tertiary/aromatic N) is 4. The Balaban J connectivity index is 1.76. The number of likely N-dealkylation sites (N-methyl/N-ethyl adjacent to an activating group) is 1. The fraction of sp³-hybridized carbons (Fsp3) is 0.467. The summed E-state index contributed by atoms with van der Waals surface area (Å²) >= 11 is 0. The molecule has 1 fully saturated rings. The van der Waals surface area contributed by atoms with Crippen molar-refractivity contribution in [3.8, 4) is 0 Å². The number of carbonyl (C=O) groups is 3. The second-order valence-corrected chi connectivity index (χ2v) is 5.39. The maximum atomic E-state index is 12.1. The molecule has 0 spiro atoms. The minimum atomic E-state index is -0.289. The van der Waals surface area contributed by atoms with Crippen LogP contribution >= 0.6 is 0 Å². The summed E-state index contributed by atoms with van der Waals surface area (Å²) in [6, 6.07) is 3.44. The van der Waals surface area contributed by atoms with E-state index >= 15 is 0 Å². The standard InChI is InChI=1S/C15H20N4O3/c1-17(10-12-5-7-16-8-6-12)13(20)4-3-9-19-14(21)11-18(2)15(19)22/h5-8H,3-4,9-11H2,1-2H3. The van der Waals surface area contributed by atoms with Gasteiger partial charge >= 0.3 is 6.03 Å². The summed E-state index contributed by atoms with van der Waals surface area (Å²) in [6.45, 7) is 0.928. The molecule has 1 aliphatic rings. The fourth-order valence-corrected chi connectivity index (χ4v) is 2.32. The molecule has 0 saturated carbocycles. The molecular weight excluding hydrogens is 284 g/mol. The quantitative estimate of drug-likeness (QED) is 0.726. The molecule has 0 aromatic carbocycles. The topological polar surface area (TPSA) is 73.8 Å². The minimum Gasteiger partial charge on any atom is -0.341 e. The highest BCUT2D eigenvalue weighted by molar-refractivity contribution is 6.01. The van der Waals surface area contributed by atoms with Crippen molar-refractivity contribution in [3.63, 3.8) is 0 Å². The van der Waals surface area contributed by atoms with Gasteiger partial charge in [0.25, 0.3) is 0 Å². The third-order valence-electron chi connectivity index (χ3n) is 3.60. The summed E-state index contributed by atoms with van der Waals surface area (Å²) in [5.41, 5.74) is 1.01. The normalized spacial score (nSPS) is 14.6. The van der Waals surface area contributed by atoms with E-state index in [0.717, 1.165) is 5.56 Å². The predicted molar refractivity (Wildman–Crippen MR) is 79.7 cm³/mol. The van der Waals surface area contributed by atoms with Gasteiger partial charge in [-0.15, -0.1) is 0 Å². The van der Waals surface area contributed by atoms with Gasteiger partial charge in [0.05, 0.1) is 0 Å². The van der Waals surface area contributed by atoms with E-state index in [4.69, 9.17) is 0 Å². The Morgan fingerprint density at radius 2 is 2.00 bits per heavy atom. The SMILES string of the molecule is CN(Cc1ccncc1)C(=O)CCCN1C(=O)CN(C)C1=O. The van der Waals surface area contributed by atoms with Gasteiger partial charge in [0.2, 0.25) is 11.8 Å². The first-order chi connectivity index (χ1) is 10.5. The Kier molecular flexibility index (Phi) is 5.08. The molecule has 2 rings (SSSR count). The van der Waals surface area contributed by atoms with Crippen LogP contribution in [0.4, 0.5) is 4.79 Å². The lowest BCUT2D eigenvalue weighted by atomic mass is 10.2. The van der Waals surface area contributed by atoms with Gasteiger partial charge in [-0.1, -0.05) is 0 Å². The summed E-state index contributed by atoms with van der Waals surface area (Å²) in [4.78, 5) is 43.5. The molecule has 22 heavy (non-hydrogen) atoms. The lowest BCUT2D eigenvalue weighted by Gasteiger charge is -2.18. The van der Waals surface area contributed by atoms with Gasteiger partial charge < -0.3 is 9.80 Å². The van der Waals surface area contributed by atoms with Gasteiger partial charge in [0.15, 0.2) is 0 Å². The van der Waals surface area contributed by atoms with Crippen molar-refractivity contribution in [1.29, 1.82) is 0 Å². The average Bonchev–Trinajstić information content (AvgIpc) is 2.74. The highest BCUT2D eigenvalue weighted by Gasteiger charge is 2.32. The number of rotatable bonds is 6. The van der Waals surface area contributed by atoms with Gasteiger partial charge in [-0.25, -0.2) is 4.79 Å². The van der Waals surface area contributed by atoms with Crippen LogP contribution in [0.25, 0.3) is 0 Å². The van der Waals surface area contributed by atoms with Crippen LogP contribution in [-0.4, -0.2) is 64.7 Å². The number of amides is 4. The number of hydrogen-bond acceptors (Lipinski definition) is 4. The average molecular weight is 304 g/mol. The summed E-state index contributed by atoms with van der Waals surface area (Å²) in [7, 11) is 3.33. The van der Waals surface area contributed by atoms with Gasteiger partial charge in [0.1, 0.15) is 6.54 Å². The van der Waals surface area contributed by atoms with E-state index in [2.05, 4.69) is 4.98 Å². The molecule has 0 aliphatic carbocycles. The molecule has 1 aliphatic heterocycles. The Morgan fingerprint density at radius 3 is 2.59 bits per heavy atom. The Labute approximate surface area is 129 Å². The van der Waals surface area contributed by atoms with E-state index in [0.29, 0.717) is 19.4 Å². The maximum absolute atomic E-state index is 12.1. The number of pyridine rings is 1. The zero-order chi connectivity index (χ0) is 16.1. The van der Waals surface area contributed by atoms with Crippen LogP contribution in [0.5, 0.6) is 0 Å². The summed E-state index contributed by atoms with van der Waals surface area (Å²) in [6.07, 6.45) is 4.16. The van der Waals surface area contributed by atoms with E-state index in [9.17, 15) is 14.4 Å². The second-order valence-electron chi connectivity index (χ2n) is 5.39. The van der Waals surface area contributed by atoms with E-state index < -0.39 is 0 Å². The van der Waals surface area contributed by atoms with Crippen molar-refractivity contribution in [2.45, 2.75) is 19.4 Å². The number of urea groups is 1. The predicted octanol–water partition coefficient (Wildman–Crippen LogP) is 0.714. The Morgan fingerprint density at radius 1 is 1.32 bits per heavy atom. The number of carbonyl (C=O) groups excluding carboxylic acids is 3. The molecule has 0 radical (unpaired) electrons. The van der Waals surface area contributed by atoms with Crippen LogP contribution < -0.4 is 0 Å². The second kappa shape index (κ2) is 7.02. The third-order valence-corrected chi connectivity index (χ3v) is 3.60. The molecule has 0 bridgehead atoms. The van der Waals surface area contributed by atoms with Crippen LogP contribution in [-0.2, 0) is 16.1 Å². The zero-order valence-electron chi connectivity index (χ0n) is 12.9. The molecule has 0 atom stereocenters. The summed E-state index contributed by atoms with van der Waals surface area (Å²) < 4.78 is 0. The number of imide groups is 1. The Bertz CT molecular complexity index is 561. The van der Waals surface area contributed by atoms with Crippen molar-refractivity contribution in [3.05, 3.63) is 30.1 Å². The maximum Gasteiger partial charge on any atom is 0.326 e. The first-order valence-corrected chi connectivity index (χ1v) is 7.17. The molecule has 7 nitrogen and oxygen atoms in total. The number of aromatic nitrogens is 1. The van der Waals surface area contributed by atoms with Gasteiger partial charge in [0, 0.05) is 46.0 Å². The van der Waals surface area contributed by atoms with Crippen molar-refractivity contribution in [1.82, 2.24) is 19.7 Å². The van der Waals surface area contributed by atoms with E-state index in [-0.39, 0.29) is 30.9 Å². The summed E-state index contributed by atoms with van der Waals surface area (Å²) in [5.74, 6) is -0.214. The minimum absolute atomic E-state index is 0.00994. The van der Waals surface area contributed by atoms with Crippen molar-refractivity contribution >= 4 is 17.8 Å². The van der Waals surface area contributed by atoms with Crippen molar-refractivity contribution in [2.24, 2.45) is 0 Å². The van der Waals surface area contributed by atoms with Crippen LogP contribution in [0.3, 0.4) is 0 Å². The largest absolute Gasteiger partial charge is 0.341 e. The summed E-state index contributed by atoms with van der Waals surface area (Å²) in [5, 5.41) is 0. The monoisotopic (exact) mass is 304 g/mol. The molecule has 4 amide bonds. The molecule has 1 saturated heterocycles. The molecule has 1 aromatic rings.